The van der Waals surface area contributed by atoms with Crippen LogP contribution in [0.2, 0.25) is 0 Å². The van der Waals surface area contributed by atoms with Gasteiger partial charge >= 0.3 is 12.0 Å². The van der Waals surface area contributed by atoms with Gasteiger partial charge in [-0.1, -0.05) is 11.2 Å². The van der Waals surface area contributed by atoms with E-state index in [1.165, 1.54) is 25.3 Å². The summed E-state index contributed by atoms with van der Waals surface area (Å²) in [5.74, 6) is -1.49. The van der Waals surface area contributed by atoms with Crippen molar-refractivity contribution in [2.24, 2.45) is 0 Å². The van der Waals surface area contributed by atoms with E-state index in [9.17, 15) is 14.4 Å². The SMILES string of the molecule is CNC(=O)NC(=O)C(C)OC(=O)c1cc(-c2cccs2)nc2onc(C)c12. The number of fused-ring (bicyclic) bond motifs is 1. The number of ether oxygens (including phenoxy) is 1. The van der Waals surface area contributed by atoms with Crippen LogP contribution in [0.25, 0.3) is 21.7 Å². The van der Waals surface area contributed by atoms with Crippen molar-refractivity contribution in [1.29, 1.82) is 0 Å². The molecule has 3 amide bonds. The first kappa shape index (κ1) is 18.5. The van der Waals surface area contributed by atoms with Gasteiger partial charge in [-0.05, 0) is 31.4 Å². The first-order valence-electron chi connectivity index (χ1n) is 7.95. The van der Waals surface area contributed by atoms with E-state index in [1.54, 1.807) is 13.0 Å². The summed E-state index contributed by atoms with van der Waals surface area (Å²) in [6, 6.07) is 4.60. The van der Waals surface area contributed by atoms with Crippen molar-refractivity contribution in [3.63, 3.8) is 0 Å². The maximum atomic E-state index is 12.7. The summed E-state index contributed by atoms with van der Waals surface area (Å²) >= 11 is 1.45. The smallest absolute Gasteiger partial charge is 0.339 e. The molecule has 1 unspecified atom stereocenters. The predicted octanol–water partition coefficient (Wildman–Crippen LogP) is 2.26. The molecule has 0 aliphatic heterocycles. The first-order chi connectivity index (χ1) is 12.9. The van der Waals surface area contributed by atoms with Gasteiger partial charge in [0.25, 0.3) is 11.6 Å². The number of imide groups is 1. The molecule has 0 aliphatic carbocycles. The molecule has 3 rings (SSSR count). The molecule has 140 valence electrons. The number of hydrogen-bond donors (Lipinski definition) is 2. The van der Waals surface area contributed by atoms with Crippen LogP contribution in [0.1, 0.15) is 23.0 Å². The van der Waals surface area contributed by atoms with Crippen LogP contribution < -0.4 is 10.6 Å². The third-order valence-corrected chi connectivity index (χ3v) is 4.62. The molecule has 0 saturated heterocycles. The van der Waals surface area contributed by atoms with E-state index in [0.29, 0.717) is 16.8 Å². The van der Waals surface area contributed by atoms with Crippen molar-refractivity contribution in [1.82, 2.24) is 20.8 Å². The molecule has 0 bridgehead atoms. The lowest BCUT2D eigenvalue weighted by atomic mass is 10.1. The number of esters is 1. The summed E-state index contributed by atoms with van der Waals surface area (Å²) in [4.78, 5) is 41.1. The predicted molar refractivity (Wildman–Crippen MR) is 97.3 cm³/mol. The number of nitrogens with one attached hydrogen (secondary N) is 2. The topological polar surface area (TPSA) is 123 Å². The molecular weight excluding hydrogens is 372 g/mol. The molecule has 10 heteroatoms. The first-order valence-corrected chi connectivity index (χ1v) is 8.83. The van der Waals surface area contributed by atoms with E-state index in [-0.39, 0.29) is 11.3 Å². The van der Waals surface area contributed by atoms with E-state index in [4.69, 9.17) is 9.26 Å². The van der Waals surface area contributed by atoms with Crippen molar-refractivity contribution in [2.75, 3.05) is 7.05 Å². The molecule has 0 aromatic carbocycles. The summed E-state index contributed by atoms with van der Waals surface area (Å²) in [5.41, 5.74) is 1.39. The van der Waals surface area contributed by atoms with Gasteiger partial charge in [0.15, 0.2) is 6.10 Å². The molecule has 0 fully saturated rings. The van der Waals surface area contributed by atoms with E-state index in [0.717, 1.165) is 4.88 Å². The number of aryl methyl sites for hydroxylation is 1. The van der Waals surface area contributed by atoms with Crippen molar-refractivity contribution < 1.29 is 23.6 Å². The Morgan fingerprint density at radius 1 is 1.33 bits per heavy atom. The van der Waals surface area contributed by atoms with E-state index >= 15 is 0 Å². The van der Waals surface area contributed by atoms with Crippen LogP contribution in [-0.4, -0.2) is 41.2 Å². The average molecular weight is 388 g/mol. The summed E-state index contributed by atoms with van der Waals surface area (Å²) in [7, 11) is 1.37. The minimum absolute atomic E-state index is 0.182. The van der Waals surface area contributed by atoms with Crippen LogP contribution in [0.15, 0.2) is 28.1 Å². The Labute approximate surface area is 157 Å². The van der Waals surface area contributed by atoms with Gasteiger partial charge in [0, 0.05) is 7.05 Å². The van der Waals surface area contributed by atoms with Gasteiger partial charge in [-0.15, -0.1) is 11.3 Å². The number of urea groups is 1. The standard InChI is InChI=1S/C17H16N4O5S/c1-8-13-10(16(23)25-9(2)14(22)20-17(24)18-3)7-11(12-5-4-6-27-12)19-15(13)26-21-8/h4-7,9H,1-3H3,(H2,18,20,22,24). The fourth-order valence-electron chi connectivity index (χ4n) is 2.36. The van der Waals surface area contributed by atoms with Gasteiger partial charge in [-0.2, -0.15) is 0 Å². The molecule has 27 heavy (non-hydrogen) atoms. The second-order valence-corrected chi connectivity index (χ2v) is 6.54. The highest BCUT2D eigenvalue weighted by Gasteiger charge is 2.25. The highest BCUT2D eigenvalue weighted by Crippen LogP contribution is 2.29. The molecular formula is C17H16N4O5S. The maximum absolute atomic E-state index is 12.7. The summed E-state index contributed by atoms with van der Waals surface area (Å²) in [6.07, 6.45) is -1.18. The number of nitrogens with zero attached hydrogens (tertiary/aromatic N) is 2. The lowest BCUT2D eigenvalue weighted by Gasteiger charge is -2.13. The van der Waals surface area contributed by atoms with Crippen molar-refractivity contribution in [3.8, 4) is 10.6 Å². The molecule has 0 spiro atoms. The van der Waals surface area contributed by atoms with Crippen LogP contribution in [0.3, 0.4) is 0 Å². The number of hydrogen-bond acceptors (Lipinski definition) is 8. The number of amides is 3. The van der Waals surface area contributed by atoms with Crippen LogP contribution in [-0.2, 0) is 9.53 Å². The van der Waals surface area contributed by atoms with Crippen LogP contribution in [0.4, 0.5) is 4.79 Å². The third-order valence-electron chi connectivity index (χ3n) is 3.73. The summed E-state index contributed by atoms with van der Waals surface area (Å²) in [5, 5.41) is 10.5. The number of carbonyl (C=O) groups excluding carboxylic acids is 3. The van der Waals surface area contributed by atoms with Crippen molar-refractivity contribution in [3.05, 3.63) is 34.8 Å². The Hall–Kier alpha value is -3.27. The average Bonchev–Trinajstić information content (AvgIpc) is 3.31. The second kappa shape index (κ2) is 7.54. The largest absolute Gasteiger partial charge is 0.449 e. The van der Waals surface area contributed by atoms with E-state index in [1.807, 2.05) is 17.5 Å². The zero-order valence-electron chi connectivity index (χ0n) is 14.7. The quantitative estimate of drug-likeness (QED) is 0.657. The van der Waals surface area contributed by atoms with E-state index < -0.39 is 24.0 Å². The number of aromatic nitrogens is 2. The number of thiophene rings is 1. The lowest BCUT2D eigenvalue weighted by Crippen LogP contribution is -2.43. The monoisotopic (exact) mass is 388 g/mol. The zero-order valence-corrected chi connectivity index (χ0v) is 15.5. The minimum atomic E-state index is -1.18. The minimum Gasteiger partial charge on any atom is -0.449 e. The highest BCUT2D eigenvalue weighted by atomic mass is 32.1. The molecule has 9 nitrogen and oxygen atoms in total. The van der Waals surface area contributed by atoms with Gasteiger partial charge in [-0.25, -0.2) is 14.6 Å². The molecule has 0 aliphatic rings. The third kappa shape index (κ3) is 3.80. The van der Waals surface area contributed by atoms with Crippen LogP contribution in [0, 0.1) is 6.92 Å². The van der Waals surface area contributed by atoms with Crippen molar-refractivity contribution in [2.45, 2.75) is 20.0 Å². The van der Waals surface area contributed by atoms with E-state index in [2.05, 4.69) is 20.8 Å². The molecule has 3 heterocycles. The fraction of sp³-hybridized carbons (Fsp3) is 0.235. The van der Waals surface area contributed by atoms with Crippen molar-refractivity contribution >= 4 is 40.3 Å². The fourth-order valence-corrected chi connectivity index (χ4v) is 3.05. The lowest BCUT2D eigenvalue weighted by molar-refractivity contribution is -0.127. The van der Waals surface area contributed by atoms with Crippen LogP contribution >= 0.6 is 11.3 Å². The Bertz CT molecular complexity index is 1010. The Kier molecular flexibility index (Phi) is 5.17. The second-order valence-electron chi connectivity index (χ2n) is 5.60. The molecule has 2 N–H and O–H groups in total. The number of carbonyl (C=O) groups is 3. The maximum Gasteiger partial charge on any atom is 0.339 e. The van der Waals surface area contributed by atoms with Gasteiger partial charge in [0.2, 0.25) is 0 Å². The number of pyridine rings is 1. The molecule has 0 radical (unpaired) electrons. The molecule has 0 saturated carbocycles. The van der Waals surface area contributed by atoms with Gasteiger partial charge in [-0.3, -0.25) is 10.1 Å². The molecule has 3 aromatic rings. The highest BCUT2D eigenvalue weighted by molar-refractivity contribution is 7.13. The Balaban J connectivity index is 1.92. The Morgan fingerprint density at radius 3 is 2.78 bits per heavy atom. The van der Waals surface area contributed by atoms with Crippen LogP contribution in [0.5, 0.6) is 0 Å². The summed E-state index contributed by atoms with van der Waals surface area (Å²) in [6.45, 7) is 3.05. The van der Waals surface area contributed by atoms with Gasteiger partial charge < -0.3 is 14.6 Å². The van der Waals surface area contributed by atoms with Gasteiger partial charge in [0.1, 0.15) is 0 Å². The number of rotatable bonds is 4. The van der Waals surface area contributed by atoms with Gasteiger partial charge in [0.05, 0.1) is 27.2 Å². The molecule has 3 aromatic heterocycles. The zero-order chi connectivity index (χ0) is 19.6. The normalized spacial score (nSPS) is 11.8. The molecule has 1 atom stereocenters. The summed E-state index contributed by atoms with van der Waals surface area (Å²) < 4.78 is 10.4. The Morgan fingerprint density at radius 2 is 2.11 bits per heavy atom.